The average Bonchev–Trinajstić information content (AvgIpc) is 2.86. The first-order chi connectivity index (χ1) is 18.5. The molecule has 1 amide bonds. The van der Waals surface area contributed by atoms with E-state index in [2.05, 4.69) is 35.0 Å². The summed E-state index contributed by atoms with van der Waals surface area (Å²) in [6.45, 7) is 5.90. The number of unbranched alkanes of at least 4 members (excludes halogenated alkanes) is 23. The maximum absolute atomic E-state index is 11.8. The zero-order chi connectivity index (χ0) is 29.7. The molecule has 0 aliphatic heterocycles. The number of carbonyl (C=O) groups is 1. The maximum Gasteiger partial charge on any atom is 0.313 e. The van der Waals surface area contributed by atoms with E-state index in [4.69, 9.17) is 0 Å². The molecule has 0 fully saturated rings. The normalized spacial score (nSPS) is 11.3. The van der Waals surface area contributed by atoms with Gasteiger partial charge in [0.2, 0.25) is 0 Å². The molecule has 0 saturated heterocycles. The van der Waals surface area contributed by atoms with E-state index in [1.165, 1.54) is 161 Å². The van der Waals surface area contributed by atoms with Crippen molar-refractivity contribution >= 4 is 5.91 Å². The first-order valence-corrected chi connectivity index (χ1v) is 17.7. The number of carbonyl (C=O) groups excluding carboxylic acids is 1. The molecule has 252 valence electrons. The van der Waals surface area contributed by atoms with E-state index >= 15 is 0 Å². The fraction of sp³-hybridized carbons (Fsp3) is 0.972. The van der Waals surface area contributed by atoms with Crippen molar-refractivity contribution in [1.82, 2.24) is 0 Å². The van der Waals surface area contributed by atoms with Crippen LogP contribution >= 0.6 is 0 Å². The number of amides is 1. The molecular formula is C36H78Cl2N2O. The van der Waals surface area contributed by atoms with Crippen molar-refractivity contribution in [3.05, 3.63) is 0 Å². The van der Waals surface area contributed by atoms with E-state index in [0.29, 0.717) is 10.4 Å². The van der Waals surface area contributed by atoms with Gasteiger partial charge in [-0.25, -0.2) is 4.79 Å². The molecule has 0 N–H and O–H groups in total. The van der Waals surface area contributed by atoms with E-state index < -0.39 is 0 Å². The van der Waals surface area contributed by atoms with Crippen LogP contribution in [0.5, 0.6) is 0 Å². The number of hydrogen-bond donors (Lipinski definition) is 0. The van der Waals surface area contributed by atoms with Crippen molar-refractivity contribution < 1.29 is 38.6 Å². The molecule has 0 aliphatic rings. The lowest BCUT2D eigenvalue weighted by molar-refractivity contribution is -0.870. The Hall–Kier alpha value is 0.170. The molecule has 0 heterocycles. The Labute approximate surface area is 273 Å². The van der Waals surface area contributed by atoms with Gasteiger partial charge in [-0.15, -0.1) is 0 Å². The largest absolute Gasteiger partial charge is 1.00 e. The van der Waals surface area contributed by atoms with Gasteiger partial charge < -0.3 is 29.3 Å². The summed E-state index contributed by atoms with van der Waals surface area (Å²) in [5.74, 6) is 0.361. The molecule has 0 aromatic heterocycles. The minimum Gasteiger partial charge on any atom is -1.00 e. The van der Waals surface area contributed by atoms with Crippen LogP contribution in [0.4, 0.5) is 0 Å². The van der Waals surface area contributed by atoms with Gasteiger partial charge in [-0.3, -0.25) is 4.48 Å². The smallest absolute Gasteiger partial charge is 0.313 e. The molecule has 0 atom stereocenters. The van der Waals surface area contributed by atoms with Gasteiger partial charge in [-0.1, -0.05) is 155 Å². The van der Waals surface area contributed by atoms with E-state index in [1.54, 1.807) is 0 Å². The second kappa shape index (κ2) is 34.7. The van der Waals surface area contributed by atoms with Gasteiger partial charge in [0.25, 0.3) is 0 Å². The first-order valence-electron chi connectivity index (χ1n) is 17.7. The van der Waals surface area contributed by atoms with Gasteiger partial charge in [-0.05, 0) is 19.3 Å². The Kier molecular flexibility index (Phi) is 40.6. The summed E-state index contributed by atoms with van der Waals surface area (Å²) in [5.41, 5.74) is 0. The fourth-order valence-corrected chi connectivity index (χ4v) is 5.06. The summed E-state index contributed by atoms with van der Waals surface area (Å²) in [6.07, 6.45) is 35.8. The highest BCUT2D eigenvalue weighted by Gasteiger charge is 2.18. The van der Waals surface area contributed by atoms with E-state index in [1.807, 2.05) is 21.1 Å². The van der Waals surface area contributed by atoms with Crippen molar-refractivity contribution in [2.24, 2.45) is 0 Å². The molecule has 41 heavy (non-hydrogen) atoms. The van der Waals surface area contributed by atoms with Gasteiger partial charge in [0.15, 0.2) is 0 Å². The molecule has 0 bridgehead atoms. The van der Waals surface area contributed by atoms with E-state index in [9.17, 15) is 4.79 Å². The predicted octanol–water partition coefficient (Wildman–Crippen LogP) is 5.10. The van der Waals surface area contributed by atoms with Gasteiger partial charge in [0.05, 0.1) is 55.3 Å². The van der Waals surface area contributed by atoms with Crippen LogP contribution in [0.25, 0.3) is 0 Å². The highest BCUT2D eigenvalue weighted by molar-refractivity contribution is 5.68. The molecule has 0 rings (SSSR count). The number of quaternary nitrogens is 2. The number of rotatable bonds is 27. The highest BCUT2D eigenvalue weighted by Crippen LogP contribution is 2.14. The molecule has 5 heteroatoms. The molecule has 0 saturated carbocycles. The Balaban J connectivity index is -0.000000337. The summed E-state index contributed by atoms with van der Waals surface area (Å²) >= 11 is 0. The Morgan fingerprint density at radius 1 is 0.390 bits per heavy atom. The molecule has 0 aliphatic carbocycles. The summed E-state index contributed by atoms with van der Waals surface area (Å²) in [7, 11) is 12.8. The average molecular weight is 626 g/mol. The highest BCUT2D eigenvalue weighted by atomic mass is 35.5. The molecule has 0 aromatic rings. The van der Waals surface area contributed by atoms with Crippen molar-refractivity contribution in [2.45, 2.75) is 181 Å². The van der Waals surface area contributed by atoms with Crippen LogP contribution in [0.3, 0.4) is 0 Å². The lowest BCUT2D eigenvalue weighted by Crippen LogP contribution is -3.00. The lowest BCUT2D eigenvalue weighted by Gasteiger charge is -2.23. The van der Waals surface area contributed by atoms with Crippen molar-refractivity contribution in [3.63, 3.8) is 0 Å². The molecule has 0 spiro atoms. The summed E-state index contributed by atoms with van der Waals surface area (Å²) in [6, 6.07) is 0. The number of nitrogens with zero attached hydrogens (tertiary/aromatic N) is 2. The number of hydrogen-bond acceptors (Lipinski definition) is 1. The van der Waals surface area contributed by atoms with Crippen molar-refractivity contribution in [2.75, 3.05) is 48.8 Å². The van der Waals surface area contributed by atoms with Crippen molar-refractivity contribution in [3.8, 4) is 0 Å². The third-order valence-electron chi connectivity index (χ3n) is 7.92. The van der Waals surface area contributed by atoms with Gasteiger partial charge in [0.1, 0.15) is 0 Å². The predicted molar refractivity (Wildman–Crippen MR) is 177 cm³/mol. The standard InChI is InChI=1S/C21H44NO.C15H34N.2ClH/c1-5-6-7-8-9-10-11-12-13-14-15-16-17-18-19-20-21(23)22(2,3)4;1-5-6-7-8-9-10-11-12-13-14-15-16(2,3)4;;/h5-20H2,1-4H3;5-15H2,1-4H3;2*1H/q2*+1;;/p-2. The van der Waals surface area contributed by atoms with Gasteiger partial charge in [0, 0.05) is 0 Å². The SMILES string of the molecule is CCCCCCCCCCCCCCCCCC(=O)[N+](C)(C)C.CCCCCCCCCCCC[N+](C)(C)C.[Cl-].[Cl-]. The van der Waals surface area contributed by atoms with E-state index in [0.717, 1.165) is 17.3 Å². The van der Waals surface area contributed by atoms with Crippen molar-refractivity contribution in [1.29, 1.82) is 0 Å². The minimum absolute atomic E-state index is 0. The second-order valence-electron chi connectivity index (χ2n) is 14.3. The first kappa shape index (κ1) is 48.1. The van der Waals surface area contributed by atoms with Crippen LogP contribution in [-0.2, 0) is 4.79 Å². The zero-order valence-electron chi connectivity index (χ0n) is 29.7. The third kappa shape index (κ3) is 44.7. The molecular weight excluding hydrogens is 547 g/mol. The summed E-state index contributed by atoms with van der Waals surface area (Å²) < 4.78 is 1.59. The quantitative estimate of drug-likeness (QED) is 0.0918. The van der Waals surface area contributed by atoms with Crippen LogP contribution in [0.1, 0.15) is 181 Å². The summed E-state index contributed by atoms with van der Waals surface area (Å²) in [4.78, 5) is 11.8. The van der Waals surface area contributed by atoms with Crippen LogP contribution in [-0.4, -0.2) is 63.7 Å². The van der Waals surface area contributed by atoms with Crippen LogP contribution < -0.4 is 24.8 Å². The Bertz CT molecular complexity index is 501. The van der Waals surface area contributed by atoms with Gasteiger partial charge >= 0.3 is 5.91 Å². The second-order valence-corrected chi connectivity index (χ2v) is 14.3. The van der Waals surface area contributed by atoms with Crippen LogP contribution in [0.2, 0.25) is 0 Å². The lowest BCUT2D eigenvalue weighted by atomic mass is 10.0. The third-order valence-corrected chi connectivity index (χ3v) is 7.92. The monoisotopic (exact) mass is 625 g/mol. The fourth-order valence-electron chi connectivity index (χ4n) is 5.06. The minimum atomic E-state index is 0. The number of halogens is 2. The van der Waals surface area contributed by atoms with Crippen LogP contribution in [0, 0.1) is 0 Å². The van der Waals surface area contributed by atoms with Crippen LogP contribution in [0.15, 0.2) is 0 Å². The summed E-state index contributed by atoms with van der Waals surface area (Å²) in [5, 5.41) is 0. The van der Waals surface area contributed by atoms with E-state index in [-0.39, 0.29) is 24.8 Å². The molecule has 0 aromatic carbocycles. The topological polar surface area (TPSA) is 17.1 Å². The van der Waals surface area contributed by atoms with Gasteiger partial charge in [-0.2, -0.15) is 0 Å². The molecule has 0 radical (unpaired) electrons. The molecule has 3 nitrogen and oxygen atoms in total. The molecule has 0 unspecified atom stereocenters. The zero-order valence-corrected chi connectivity index (χ0v) is 31.2. The maximum atomic E-state index is 11.8. The Morgan fingerprint density at radius 2 is 0.634 bits per heavy atom. The Morgan fingerprint density at radius 3 is 0.878 bits per heavy atom.